The van der Waals surface area contributed by atoms with E-state index in [1.54, 1.807) is 24.3 Å². The van der Waals surface area contributed by atoms with E-state index in [0.717, 1.165) is 44.9 Å². The summed E-state index contributed by atoms with van der Waals surface area (Å²) in [5.41, 5.74) is 1.16. The van der Waals surface area contributed by atoms with Gasteiger partial charge >= 0.3 is 5.97 Å². The second kappa shape index (κ2) is 20.8. The average molecular weight is 1020 g/mol. The number of anilines is 1. The van der Waals surface area contributed by atoms with Gasteiger partial charge in [-0.2, -0.15) is 5.10 Å². The van der Waals surface area contributed by atoms with Gasteiger partial charge in [-0.05, 0) is 72.3 Å². The van der Waals surface area contributed by atoms with E-state index in [1.807, 2.05) is 71.9 Å². The van der Waals surface area contributed by atoms with Crippen molar-refractivity contribution < 1.29 is 32.6 Å². The Hall–Kier alpha value is -5.83. The van der Waals surface area contributed by atoms with Gasteiger partial charge in [0.15, 0.2) is 11.5 Å². The maximum atomic E-state index is 15.4. The largest absolute Gasteiger partial charge is 0.506 e. The van der Waals surface area contributed by atoms with Crippen molar-refractivity contribution in [3.05, 3.63) is 94.0 Å². The number of aliphatic imine (C=N–C) groups is 1. The van der Waals surface area contributed by atoms with Crippen LogP contribution < -0.4 is 10.0 Å². The molecule has 7 rings (SSSR count). The zero-order valence-corrected chi connectivity index (χ0v) is 46.5. The second-order valence-electron chi connectivity index (χ2n) is 24.5. The molecule has 4 aromatic rings. The number of ketones is 1. The molecular formula is C58H79N7O7S. The molecule has 14 nitrogen and oxygen atoms in total. The van der Waals surface area contributed by atoms with Gasteiger partial charge in [-0.1, -0.05) is 159 Å². The van der Waals surface area contributed by atoms with Crippen molar-refractivity contribution in [2.45, 2.75) is 166 Å². The first-order valence-corrected chi connectivity index (χ1v) is 28.0. The third-order valence-corrected chi connectivity index (χ3v) is 16.5. The number of aliphatic hydroxyl groups excluding tert-OH is 1. The SMILES string of the molecule is CCCCCCCCS(=O)(=O)Nc1ccc(-c2nn3nc(C(C)(C)C)c(C4=C(O)/C(=C5\N=C(NC(=O)C(C)(C)CC)C(C(=O)OC6C(C(C)(C)C)CC(C)CC6C(C)(C)C)=C5c5ccccc5)C4=O)c3[nH]2)cc1. The Kier molecular flexibility index (Phi) is 15.7. The Morgan fingerprint density at radius 3 is 1.96 bits per heavy atom. The van der Waals surface area contributed by atoms with Gasteiger partial charge in [0.05, 0.1) is 33.9 Å². The Balaban J connectivity index is 1.33. The van der Waals surface area contributed by atoms with Gasteiger partial charge in [0.1, 0.15) is 23.3 Å². The van der Waals surface area contributed by atoms with Crippen LogP contribution in [-0.2, 0) is 34.6 Å². The van der Waals surface area contributed by atoms with Gasteiger partial charge in [0, 0.05) is 39.5 Å². The molecule has 394 valence electrons. The van der Waals surface area contributed by atoms with Crippen molar-refractivity contribution >= 4 is 56.0 Å². The lowest BCUT2D eigenvalue weighted by Gasteiger charge is -2.50. The smallest absolute Gasteiger partial charge is 0.342 e. The Bertz CT molecular complexity index is 2960. The summed E-state index contributed by atoms with van der Waals surface area (Å²) in [7, 11) is -3.54. The van der Waals surface area contributed by atoms with Gasteiger partial charge in [-0.25, -0.2) is 18.2 Å². The molecule has 2 aromatic carbocycles. The fourth-order valence-electron chi connectivity index (χ4n) is 10.4. The number of amides is 1. The number of nitrogens with one attached hydrogen (secondary N) is 3. The molecule has 1 aliphatic heterocycles. The van der Waals surface area contributed by atoms with Crippen LogP contribution in [0.2, 0.25) is 0 Å². The number of carbonyl (C=O) groups excluding carboxylic acids is 3. The molecule has 0 saturated heterocycles. The summed E-state index contributed by atoms with van der Waals surface area (Å²) in [5, 5.41) is 25.0. The summed E-state index contributed by atoms with van der Waals surface area (Å²) in [6.07, 6.45) is 7.65. The standard InChI is InChI=1S/C58H79N7O7S/c1-15-17-18-19-20-24-31-73(70,71)64-37-29-27-36(28-30-37)50-60-52-42(49(57(10,11)12)62-65(52)63-50)41-46(66)44(47(41)67)45-40(35-25-22-21-23-26-35)43(51(59-45)61-54(69)58(13,14)16-2)53(68)72-48-38(55(4,5)6)32-34(3)33-39(48)56(7,8)9/h21-23,25-30,34,38-39,48,64,66H,15-20,24,31-33H2,1-14H3,(H,60,63)(H,59,61,69)/b45-44+. The van der Waals surface area contributed by atoms with E-state index in [1.165, 1.54) is 4.63 Å². The number of unbranched alkanes of at least 4 members (excludes halogenated alkanes) is 5. The predicted octanol–water partition coefficient (Wildman–Crippen LogP) is 12.3. The molecule has 0 bridgehead atoms. The van der Waals surface area contributed by atoms with E-state index >= 15 is 9.59 Å². The van der Waals surface area contributed by atoms with E-state index in [2.05, 4.69) is 70.4 Å². The normalized spacial score (nSPS) is 21.2. The number of Topliss-reactive ketones (excluding diaryl/α,β-unsaturated/α-hetero) is 1. The molecule has 2 aromatic heterocycles. The third-order valence-electron chi connectivity index (χ3n) is 15.1. The van der Waals surface area contributed by atoms with E-state index in [0.29, 0.717) is 58.3 Å². The molecular weight excluding hydrogens is 939 g/mol. The highest BCUT2D eigenvalue weighted by Crippen LogP contribution is 2.51. The first-order chi connectivity index (χ1) is 34.1. The second-order valence-corrected chi connectivity index (χ2v) is 26.3. The number of ether oxygens (including phenoxy) is 1. The predicted molar refractivity (Wildman–Crippen MR) is 291 cm³/mol. The van der Waals surface area contributed by atoms with E-state index < -0.39 is 38.7 Å². The number of benzene rings is 2. The Morgan fingerprint density at radius 2 is 1.40 bits per heavy atom. The number of hydrogen-bond donors (Lipinski definition) is 4. The highest BCUT2D eigenvalue weighted by Gasteiger charge is 2.50. The van der Waals surface area contributed by atoms with E-state index in [9.17, 15) is 18.3 Å². The molecule has 2 aliphatic carbocycles. The highest BCUT2D eigenvalue weighted by molar-refractivity contribution is 7.92. The number of aromatic nitrogens is 4. The Labute approximate surface area is 433 Å². The lowest BCUT2D eigenvalue weighted by molar-refractivity contribution is -0.164. The molecule has 73 heavy (non-hydrogen) atoms. The van der Waals surface area contributed by atoms with Crippen LogP contribution in [0.25, 0.3) is 28.2 Å². The molecule has 0 radical (unpaired) electrons. The van der Waals surface area contributed by atoms with Crippen molar-refractivity contribution in [1.29, 1.82) is 0 Å². The molecule has 0 spiro atoms. The summed E-state index contributed by atoms with van der Waals surface area (Å²) < 4.78 is 36.7. The number of nitrogens with zero attached hydrogens (tertiary/aromatic N) is 4. The van der Waals surface area contributed by atoms with Crippen LogP contribution in [0, 0.1) is 34.0 Å². The average Bonchev–Trinajstić information content (AvgIpc) is 4.00. The number of fused-ring (bicyclic) bond motifs is 1. The number of aliphatic hydroxyl groups is 1. The highest BCUT2D eigenvalue weighted by atomic mass is 32.2. The van der Waals surface area contributed by atoms with Gasteiger partial charge in [0.2, 0.25) is 21.7 Å². The van der Waals surface area contributed by atoms with Crippen LogP contribution in [0.3, 0.4) is 0 Å². The number of rotatable bonds is 16. The summed E-state index contributed by atoms with van der Waals surface area (Å²) in [6, 6.07) is 15.9. The summed E-state index contributed by atoms with van der Waals surface area (Å²) in [4.78, 5) is 52.8. The van der Waals surface area contributed by atoms with Gasteiger partial charge in [0.25, 0.3) is 0 Å². The third kappa shape index (κ3) is 11.6. The van der Waals surface area contributed by atoms with Crippen LogP contribution in [0.4, 0.5) is 5.69 Å². The number of esters is 1. The zero-order valence-electron chi connectivity index (χ0n) is 45.7. The molecule has 3 heterocycles. The maximum absolute atomic E-state index is 15.4. The van der Waals surface area contributed by atoms with Crippen molar-refractivity contribution in [3.8, 4) is 11.4 Å². The van der Waals surface area contributed by atoms with Crippen LogP contribution in [0.1, 0.15) is 172 Å². The lowest BCUT2D eigenvalue weighted by Crippen LogP contribution is -2.50. The zero-order chi connectivity index (χ0) is 53.6. The number of H-pyrrole nitrogens is 1. The number of aromatic amines is 1. The van der Waals surface area contributed by atoms with Crippen molar-refractivity contribution in [3.63, 3.8) is 0 Å². The number of sulfonamides is 1. The number of allylic oxidation sites excluding steroid dienone is 3. The lowest BCUT2D eigenvalue weighted by atomic mass is 9.59. The molecule has 2 unspecified atom stereocenters. The van der Waals surface area contributed by atoms with Crippen LogP contribution >= 0.6 is 0 Å². The molecule has 1 saturated carbocycles. The first-order valence-electron chi connectivity index (χ1n) is 26.3. The number of hydrogen-bond acceptors (Lipinski definition) is 10. The molecule has 15 heteroatoms. The van der Waals surface area contributed by atoms with Crippen LogP contribution in [-0.4, -0.2) is 68.7 Å². The van der Waals surface area contributed by atoms with Gasteiger partial charge in [-0.15, -0.1) is 9.73 Å². The molecule has 1 fully saturated rings. The number of amidine groups is 1. The van der Waals surface area contributed by atoms with E-state index in [-0.39, 0.29) is 73.9 Å². The minimum Gasteiger partial charge on any atom is -0.506 e. The fraction of sp³-hybridized carbons (Fsp3) is 0.552. The monoisotopic (exact) mass is 1020 g/mol. The summed E-state index contributed by atoms with van der Waals surface area (Å²) in [5.74, 6) is -1.05. The van der Waals surface area contributed by atoms with Gasteiger partial charge < -0.3 is 20.1 Å². The minimum atomic E-state index is -3.54. The van der Waals surface area contributed by atoms with E-state index in [4.69, 9.17) is 19.9 Å². The fourth-order valence-corrected chi connectivity index (χ4v) is 11.6. The summed E-state index contributed by atoms with van der Waals surface area (Å²) in [6.45, 7) is 28.9. The van der Waals surface area contributed by atoms with Crippen molar-refractivity contribution in [2.75, 3.05) is 10.5 Å². The molecule has 4 N–H and O–H groups in total. The van der Waals surface area contributed by atoms with Crippen molar-refractivity contribution in [2.24, 2.45) is 39.0 Å². The molecule has 3 aliphatic rings. The minimum absolute atomic E-state index is 0.00134. The number of carbonyl (C=O) groups is 3. The molecule has 2 atom stereocenters. The Morgan fingerprint density at radius 1 is 0.795 bits per heavy atom. The molecule has 1 amide bonds. The first kappa shape index (κ1) is 54.9. The topological polar surface area (TPSA) is 197 Å². The van der Waals surface area contributed by atoms with Crippen molar-refractivity contribution in [1.82, 2.24) is 25.1 Å². The van der Waals surface area contributed by atoms with Crippen LogP contribution in [0.15, 0.2) is 82.2 Å². The van der Waals surface area contributed by atoms with Crippen LogP contribution in [0.5, 0.6) is 0 Å². The quantitative estimate of drug-likeness (QED) is 0.0479. The van der Waals surface area contributed by atoms with Gasteiger partial charge in [-0.3, -0.25) is 14.3 Å². The maximum Gasteiger partial charge on any atom is 0.342 e. The summed E-state index contributed by atoms with van der Waals surface area (Å²) >= 11 is 0.